The molecule has 4 heteroatoms. The predicted octanol–water partition coefficient (Wildman–Crippen LogP) is 5.38. The van der Waals surface area contributed by atoms with Gasteiger partial charge in [-0.1, -0.05) is 17.4 Å². The van der Waals surface area contributed by atoms with Crippen LogP contribution in [0.15, 0.2) is 41.3 Å². The van der Waals surface area contributed by atoms with Crippen LogP contribution in [-0.4, -0.2) is 11.2 Å². The van der Waals surface area contributed by atoms with E-state index in [1.54, 1.807) is 23.1 Å². The lowest BCUT2D eigenvalue weighted by Crippen LogP contribution is -1.90. The van der Waals surface area contributed by atoms with Gasteiger partial charge < -0.3 is 5.32 Å². The third-order valence-electron chi connectivity index (χ3n) is 3.07. The lowest BCUT2D eigenvalue weighted by molar-refractivity contribution is 1.36. The molecule has 2 nitrogen and oxygen atoms in total. The van der Waals surface area contributed by atoms with Gasteiger partial charge in [0.1, 0.15) is 0 Å². The number of benzene rings is 2. The highest BCUT2D eigenvalue weighted by molar-refractivity contribution is 7.98. The van der Waals surface area contributed by atoms with E-state index < -0.39 is 0 Å². The van der Waals surface area contributed by atoms with Crippen LogP contribution in [0.4, 0.5) is 10.8 Å². The SMILES string of the molecule is CSc1ccc2nc(Nc3cc(C)cc(C)c3)sc2c1. The van der Waals surface area contributed by atoms with Crippen molar-refractivity contribution in [3.63, 3.8) is 0 Å². The lowest BCUT2D eigenvalue weighted by Gasteiger charge is -2.05. The van der Waals surface area contributed by atoms with E-state index in [9.17, 15) is 0 Å². The van der Waals surface area contributed by atoms with Gasteiger partial charge in [0.15, 0.2) is 5.13 Å². The van der Waals surface area contributed by atoms with E-state index in [0.29, 0.717) is 0 Å². The van der Waals surface area contributed by atoms with Crippen LogP contribution < -0.4 is 5.32 Å². The van der Waals surface area contributed by atoms with Crippen molar-refractivity contribution in [3.8, 4) is 0 Å². The van der Waals surface area contributed by atoms with Crippen LogP contribution in [0, 0.1) is 13.8 Å². The zero-order chi connectivity index (χ0) is 14.1. The average molecular weight is 300 g/mol. The molecule has 0 aliphatic rings. The van der Waals surface area contributed by atoms with Gasteiger partial charge in [0.05, 0.1) is 10.2 Å². The van der Waals surface area contributed by atoms with Crippen molar-refractivity contribution >= 4 is 44.1 Å². The summed E-state index contributed by atoms with van der Waals surface area (Å²) in [5, 5.41) is 4.36. The molecule has 0 fully saturated rings. The van der Waals surface area contributed by atoms with Crippen LogP contribution in [0.25, 0.3) is 10.2 Å². The van der Waals surface area contributed by atoms with Crippen molar-refractivity contribution < 1.29 is 0 Å². The highest BCUT2D eigenvalue weighted by atomic mass is 32.2. The molecule has 1 N–H and O–H groups in total. The van der Waals surface area contributed by atoms with E-state index in [4.69, 9.17) is 0 Å². The fraction of sp³-hybridized carbons (Fsp3) is 0.188. The minimum absolute atomic E-state index is 0.947. The highest BCUT2D eigenvalue weighted by Gasteiger charge is 2.05. The lowest BCUT2D eigenvalue weighted by atomic mass is 10.1. The van der Waals surface area contributed by atoms with E-state index >= 15 is 0 Å². The number of aryl methyl sites for hydroxylation is 2. The molecular weight excluding hydrogens is 284 g/mol. The molecule has 1 heterocycles. The van der Waals surface area contributed by atoms with Crippen molar-refractivity contribution in [2.45, 2.75) is 18.7 Å². The number of fused-ring (bicyclic) bond motifs is 1. The maximum Gasteiger partial charge on any atom is 0.188 e. The van der Waals surface area contributed by atoms with Gasteiger partial charge in [-0.15, -0.1) is 11.8 Å². The molecular formula is C16H16N2S2. The summed E-state index contributed by atoms with van der Waals surface area (Å²) in [7, 11) is 0. The summed E-state index contributed by atoms with van der Waals surface area (Å²) in [4.78, 5) is 5.92. The van der Waals surface area contributed by atoms with Crippen molar-refractivity contribution in [1.82, 2.24) is 4.98 Å². The summed E-state index contributed by atoms with van der Waals surface area (Å²) < 4.78 is 1.23. The van der Waals surface area contributed by atoms with Crippen LogP contribution in [-0.2, 0) is 0 Å². The third-order valence-corrected chi connectivity index (χ3v) is 4.73. The van der Waals surface area contributed by atoms with Gasteiger partial charge in [-0.2, -0.15) is 0 Å². The average Bonchev–Trinajstić information content (AvgIpc) is 2.78. The summed E-state index contributed by atoms with van der Waals surface area (Å²) in [6.07, 6.45) is 2.09. The highest BCUT2D eigenvalue weighted by Crippen LogP contribution is 2.31. The number of thioether (sulfide) groups is 1. The van der Waals surface area contributed by atoms with E-state index in [1.165, 1.54) is 20.7 Å². The van der Waals surface area contributed by atoms with Gasteiger partial charge >= 0.3 is 0 Å². The molecule has 0 unspecified atom stereocenters. The Labute approximate surface area is 127 Å². The largest absolute Gasteiger partial charge is 0.332 e. The summed E-state index contributed by atoms with van der Waals surface area (Å²) in [5.41, 5.74) is 4.68. The number of nitrogens with zero attached hydrogens (tertiary/aromatic N) is 1. The van der Waals surface area contributed by atoms with Crippen molar-refractivity contribution in [2.75, 3.05) is 11.6 Å². The molecule has 102 valence electrons. The minimum atomic E-state index is 0.947. The zero-order valence-electron chi connectivity index (χ0n) is 11.7. The first-order valence-electron chi connectivity index (χ1n) is 6.44. The van der Waals surface area contributed by atoms with Crippen molar-refractivity contribution in [3.05, 3.63) is 47.5 Å². The summed E-state index contributed by atoms with van der Waals surface area (Å²) in [6, 6.07) is 12.9. The first-order chi connectivity index (χ1) is 9.64. The molecule has 2 aromatic carbocycles. The molecule has 0 aliphatic carbocycles. The Kier molecular flexibility index (Phi) is 3.68. The minimum Gasteiger partial charge on any atom is -0.332 e. The molecule has 1 aromatic heterocycles. The monoisotopic (exact) mass is 300 g/mol. The maximum atomic E-state index is 4.64. The van der Waals surface area contributed by atoms with E-state index in [1.807, 2.05) is 0 Å². The number of nitrogens with one attached hydrogen (secondary N) is 1. The van der Waals surface area contributed by atoms with Gasteiger partial charge in [0.2, 0.25) is 0 Å². The first kappa shape index (κ1) is 13.5. The number of thiazole rings is 1. The fourth-order valence-electron chi connectivity index (χ4n) is 2.26. The molecule has 0 amide bonds. The number of hydrogen-bond donors (Lipinski definition) is 1. The Morgan fingerprint density at radius 2 is 1.80 bits per heavy atom. The standard InChI is InChI=1S/C16H16N2S2/c1-10-6-11(2)8-12(7-10)17-16-18-14-5-4-13(19-3)9-15(14)20-16/h4-9H,1-3H3,(H,17,18). The van der Waals surface area contributed by atoms with Crippen molar-refractivity contribution in [2.24, 2.45) is 0 Å². The van der Waals surface area contributed by atoms with E-state index in [0.717, 1.165) is 16.3 Å². The Morgan fingerprint density at radius 1 is 1.05 bits per heavy atom. The molecule has 3 aromatic rings. The van der Waals surface area contributed by atoms with Gasteiger partial charge in [0.25, 0.3) is 0 Å². The van der Waals surface area contributed by atoms with Crippen LogP contribution in [0.2, 0.25) is 0 Å². The first-order valence-corrected chi connectivity index (χ1v) is 8.48. The van der Waals surface area contributed by atoms with Gasteiger partial charge in [-0.3, -0.25) is 0 Å². The van der Waals surface area contributed by atoms with Gasteiger partial charge in [-0.05, 0) is 61.6 Å². The molecule has 0 aliphatic heterocycles. The van der Waals surface area contributed by atoms with E-state index in [-0.39, 0.29) is 0 Å². The van der Waals surface area contributed by atoms with Crippen molar-refractivity contribution in [1.29, 1.82) is 0 Å². The second-order valence-electron chi connectivity index (χ2n) is 4.85. The number of aromatic nitrogens is 1. The Hall–Kier alpha value is -1.52. The normalized spacial score (nSPS) is 10.9. The van der Waals surface area contributed by atoms with Crippen LogP contribution in [0.1, 0.15) is 11.1 Å². The topological polar surface area (TPSA) is 24.9 Å². The number of anilines is 2. The molecule has 3 rings (SSSR count). The van der Waals surface area contributed by atoms with Crippen LogP contribution >= 0.6 is 23.1 Å². The summed E-state index contributed by atoms with van der Waals surface area (Å²) in [5.74, 6) is 0. The molecule has 0 spiro atoms. The number of rotatable bonds is 3. The smallest absolute Gasteiger partial charge is 0.188 e. The molecule has 0 saturated heterocycles. The Bertz CT molecular complexity index is 742. The third kappa shape index (κ3) is 2.81. The summed E-state index contributed by atoms with van der Waals surface area (Å²) >= 11 is 3.46. The van der Waals surface area contributed by atoms with Crippen LogP contribution in [0.3, 0.4) is 0 Å². The molecule has 0 saturated carbocycles. The van der Waals surface area contributed by atoms with Crippen LogP contribution in [0.5, 0.6) is 0 Å². The second-order valence-corrected chi connectivity index (χ2v) is 6.76. The Balaban J connectivity index is 1.94. The van der Waals surface area contributed by atoms with Gasteiger partial charge in [0, 0.05) is 10.6 Å². The Morgan fingerprint density at radius 3 is 2.50 bits per heavy atom. The zero-order valence-corrected chi connectivity index (χ0v) is 13.4. The molecule has 20 heavy (non-hydrogen) atoms. The van der Waals surface area contributed by atoms with Gasteiger partial charge in [-0.25, -0.2) is 4.98 Å². The maximum absolute atomic E-state index is 4.64. The number of hydrogen-bond acceptors (Lipinski definition) is 4. The molecule has 0 atom stereocenters. The second kappa shape index (κ2) is 5.46. The summed E-state index contributed by atoms with van der Waals surface area (Å²) in [6.45, 7) is 4.22. The molecule has 0 bridgehead atoms. The fourth-order valence-corrected chi connectivity index (χ4v) is 3.70. The van der Waals surface area contributed by atoms with E-state index in [2.05, 4.69) is 66.8 Å². The predicted molar refractivity (Wildman–Crippen MR) is 90.6 cm³/mol. The molecule has 0 radical (unpaired) electrons. The quantitative estimate of drug-likeness (QED) is 0.657.